The van der Waals surface area contributed by atoms with E-state index in [0.29, 0.717) is 10.6 Å². The van der Waals surface area contributed by atoms with Crippen molar-refractivity contribution in [1.29, 1.82) is 0 Å². The van der Waals surface area contributed by atoms with Gasteiger partial charge in [-0.25, -0.2) is 0 Å². The van der Waals surface area contributed by atoms with Crippen LogP contribution in [0.4, 0.5) is 5.69 Å². The second-order valence-corrected chi connectivity index (χ2v) is 4.98. The summed E-state index contributed by atoms with van der Waals surface area (Å²) >= 11 is 6.07. The first-order valence-corrected chi connectivity index (χ1v) is 6.63. The number of aromatic hydroxyl groups is 1. The van der Waals surface area contributed by atoms with E-state index in [1.54, 1.807) is 6.21 Å². The average Bonchev–Trinajstić information content (AvgIpc) is 2.76. The molecule has 0 atom stereocenters. The van der Waals surface area contributed by atoms with Gasteiger partial charge in [0.1, 0.15) is 0 Å². The molecule has 100 valence electrons. The number of rotatable bonds is 2. The number of hydrogen-bond donors (Lipinski definition) is 2. The van der Waals surface area contributed by atoms with Gasteiger partial charge in [0.25, 0.3) is 0 Å². The summed E-state index contributed by atoms with van der Waals surface area (Å²) in [5, 5.41) is 11.6. The maximum atomic E-state index is 9.96. The second kappa shape index (κ2) is 5.02. The number of nitrogens with one attached hydrogen (secondary N) is 1. The van der Waals surface area contributed by atoms with E-state index < -0.39 is 0 Å². The molecule has 0 aliphatic carbocycles. The molecule has 1 aromatic heterocycles. The maximum absolute atomic E-state index is 9.96. The Morgan fingerprint density at radius 2 is 1.95 bits per heavy atom. The number of fused-ring (bicyclic) bond motifs is 1. The van der Waals surface area contributed by atoms with Crippen molar-refractivity contribution in [3.63, 3.8) is 0 Å². The molecule has 0 aliphatic heterocycles. The number of aliphatic imine (C=N–C) groups is 1. The summed E-state index contributed by atoms with van der Waals surface area (Å²) in [4.78, 5) is 7.36. The molecule has 2 N–H and O–H groups in total. The van der Waals surface area contributed by atoms with E-state index in [0.717, 1.165) is 22.2 Å². The molecular formula is C16H13ClN2O. The first kappa shape index (κ1) is 12.8. The van der Waals surface area contributed by atoms with Crippen molar-refractivity contribution >= 4 is 34.4 Å². The van der Waals surface area contributed by atoms with Gasteiger partial charge in [-0.2, -0.15) is 0 Å². The summed E-state index contributed by atoms with van der Waals surface area (Å²) in [7, 11) is 0. The molecule has 0 saturated heterocycles. The number of benzene rings is 2. The largest absolute Gasteiger partial charge is 0.494 e. The van der Waals surface area contributed by atoms with Crippen LogP contribution in [0, 0.1) is 6.92 Å². The van der Waals surface area contributed by atoms with Gasteiger partial charge in [-0.15, -0.1) is 0 Å². The van der Waals surface area contributed by atoms with Gasteiger partial charge in [-0.1, -0.05) is 35.9 Å². The summed E-state index contributed by atoms with van der Waals surface area (Å²) in [6.45, 7) is 1.92. The van der Waals surface area contributed by atoms with Gasteiger partial charge in [0.2, 0.25) is 0 Å². The Balaban J connectivity index is 2.07. The van der Waals surface area contributed by atoms with Crippen molar-refractivity contribution in [2.45, 2.75) is 6.92 Å². The van der Waals surface area contributed by atoms with E-state index in [-0.39, 0.29) is 5.88 Å². The van der Waals surface area contributed by atoms with Gasteiger partial charge in [-0.05, 0) is 30.7 Å². The first-order valence-electron chi connectivity index (χ1n) is 6.25. The van der Waals surface area contributed by atoms with E-state index >= 15 is 0 Å². The Morgan fingerprint density at radius 3 is 2.80 bits per heavy atom. The smallest absolute Gasteiger partial charge is 0.198 e. The topological polar surface area (TPSA) is 48.4 Å². The van der Waals surface area contributed by atoms with Crippen LogP contribution >= 0.6 is 11.6 Å². The molecule has 0 amide bonds. The lowest BCUT2D eigenvalue weighted by Crippen LogP contribution is -1.81. The van der Waals surface area contributed by atoms with Crippen LogP contribution in [0.5, 0.6) is 5.88 Å². The van der Waals surface area contributed by atoms with Gasteiger partial charge in [0, 0.05) is 22.1 Å². The van der Waals surface area contributed by atoms with Crippen molar-refractivity contribution in [3.05, 3.63) is 58.6 Å². The fourth-order valence-corrected chi connectivity index (χ4v) is 2.32. The van der Waals surface area contributed by atoms with Gasteiger partial charge >= 0.3 is 0 Å². The Morgan fingerprint density at radius 1 is 1.15 bits per heavy atom. The van der Waals surface area contributed by atoms with Crippen LogP contribution in [0.25, 0.3) is 10.9 Å². The molecular weight excluding hydrogens is 272 g/mol. The Kier molecular flexibility index (Phi) is 3.20. The zero-order valence-corrected chi connectivity index (χ0v) is 11.6. The van der Waals surface area contributed by atoms with Crippen molar-refractivity contribution in [1.82, 2.24) is 4.98 Å². The quantitative estimate of drug-likeness (QED) is 0.665. The van der Waals surface area contributed by atoms with Crippen LogP contribution in [-0.4, -0.2) is 16.3 Å². The highest BCUT2D eigenvalue weighted by Crippen LogP contribution is 2.28. The van der Waals surface area contributed by atoms with E-state index in [2.05, 4.69) is 9.98 Å². The van der Waals surface area contributed by atoms with E-state index in [1.165, 1.54) is 0 Å². The van der Waals surface area contributed by atoms with Crippen molar-refractivity contribution < 1.29 is 5.11 Å². The average molecular weight is 285 g/mol. The molecule has 0 radical (unpaired) electrons. The zero-order chi connectivity index (χ0) is 14.1. The van der Waals surface area contributed by atoms with Crippen LogP contribution in [0.15, 0.2) is 47.5 Å². The highest BCUT2D eigenvalue weighted by atomic mass is 35.5. The van der Waals surface area contributed by atoms with Crippen LogP contribution in [0.1, 0.15) is 11.1 Å². The molecule has 3 nitrogen and oxygen atoms in total. The molecule has 0 spiro atoms. The number of nitrogens with zero attached hydrogens (tertiary/aromatic N) is 1. The molecule has 0 aliphatic rings. The lowest BCUT2D eigenvalue weighted by atomic mass is 10.2. The number of hydrogen-bond acceptors (Lipinski definition) is 2. The number of para-hydroxylation sites is 1. The third-order valence-electron chi connectivity index (χ3n) is 3.30. The highest BCUT2D eigenvalue weighted by Gasteiger charge is 2.08. The summed E-state index contributed by atoms with van der Waals surface area (Å²) in [5.41, 5.74) is 3.28. The summed E-state index contributed by atoms with van der Waals surface area (Å²) in [5.74, 6) is 0.120. The molecule has 3 rings (SSSR count). The molecule has 4 heteroatoms. The highest BCUT2D eigenvalue weighted by molar-refractivity contribution is 6.31. The predicted molar refractivity (Wildman–Crippen MR) is 83.4 cm³/mol. The third kappa shape index (κ3) is 2.17. The minimum Gasteiger partial charge on any atom is -0.494 e. The molecule has 3 aromatic rings. The van der Waals surface area contributed by atoms with E-state index in [1.807, 2.05) is 49.4 Å². The van der Waals surface area contributed by atoms with Crippen molar-refractivity contribution in [3.8, 4) is 5.88 Å². The normalized spacial score (nSPS) is 11.5. The predicted octanol–water partition coefficient (Wildman–Crippen LogP) is 4.59. The van der Waals surface area contributed by atoms with Crippen LogP contribution in [-0.2, 0) is 0 Å². The number of aromatic nitrogens is 1. The number of H-pyrrole nitrogens is 1. The van der Waals surface area contributed by atoms with E-state index in [4.69, 9.17) is 11.6 Å². The Hall–Kier alpha value is -2.26. The third-order valence-corrected chi connectivity index (χ3v) is 3.71. The minimum atomic E-state index is 0.120. The number of halogens is 1. The lowest BCUT2D eigenvalue weighted by Gasteiger charge is -2.01. The molecule has 20 heavy (non-hydrogen) atoms. The molecule has 0 saturated carbocycles. The molecule has 0 fully saturated rings. The number of aromatic amines is 1. The maximum Gasteiger partial charge on any atom is 0.198 e. The van der Waals surface area contributed by atoms with Gasteiger partial charge in [0.05, 0.1) is 11.3 Å². The lowest BCUT2D eigenvalue weighted by molar-refractivity contribution is 0.457. The second-order valence-electron chi connectivity index (χ2n) is 4.58. The van der Waals surface area contributed by atoms with E-state index in [9.17, 15) is 5.11 Å². The van der Waals surface area contributed by atoms with Crippen LogP contribution < -0.4 is 0 Å². The van der Waals surface area contributed by atoms with Gasteiger partial charge < -0.3 is 10.1 Å². The van der Waals surface area contributed by atoms with Crippen LogP contribution in [0.2, 0.25) is 5.02 Å². The van der Waals surface area contributed by atoms with Crippen LogP contribution in [0.3, 0.4) is 0 Å². The molecule has 0 bridgehead atoms. The first-order chi connectivity index (χ1) is 9.66. The van der Waals surface area contributed by atoms with Gasteiger partial charge in [-0.3, -0.25) is 4.99 Å². The van der Waals surface area contributed by atoms with Crippen molar-refractivity contribution in [2.24, 2.45) is 4.99 Å². The van der Waals surface area contributed by atoms with Crippen molar-refractivity contribution in [2.75, 3.05) is 0 Å². The molecule has 0 unspecified atom stereocenters. The summed E-state index contributed by atoms with van der Waals surface area (Å²) in [6.07, 6.45) is 1.66. The minimum absolute atomic E-state index is 0.120. The zero-order valence-electron chi connectivity index (χ0n) is 10.9. The summed E-state index contributed by atoms with van der Waals surface area (Å²) < 4.78 is 0. The van der Waals surface area contributed by atoms with Gasteiger partial charge in [0.15, 0.2) is 5.88 Å². The summed E-state index contributed by atoms with van der Waals surface area (Å²) in [6, 6.07) is 13.3. The standard InChI is InChI=1S/C16H13ClN2O/c1-10-13(17)6-4-8-14(10)18-9-12-11-5-2-3-7-15(11)19-16(12)20/h2-9,19-20H,1H3. The fraction of sp³-hybridized carbons (Fsp3) is 0.0625. The monoisotopic (exact) mass is 284 g/mol. The molecule has 1 heterocycles. The Labute approximate surface area is 121 Å². The SMILES string of the molecule is Cc1c(Cl)cccc1N=Cc1c(O)[nH]c2ccccc12. The Bertz CT molecular complexity index is 805. The fourth-order valence-electron chi connectivity index (χ4n) is 2.15. The molecule has 2 aromatic carbocycles.